The molecule has 1 aromatic carbocycles. The molecule has 2 nitrogen and oxygen atoms in total. The van der Waals surface area contributed by atoms with Crippen LogP contribution >= 0.6 is 0 Å². The Labute approximate surface area is 59.0 Å². The second-order valence-electron chi connectivity index (χ2n) is 1.87. The molecule has 1 aromatic rings. The average molecular weight is 132 g/mol. The van der Waals surface area contributed by atoms with Gasteiger partial charge in [-0.25, -0.2) is 0 Å². The topological polar surface area (TPSA) is 39.4 Å². The molecule has 0 aromatic heterocycles. The van der Waals surface area contributed by atoms with Crippen molar-refractivity contribution in [1.29, 1.82) is 0 Å². The normalized spacial score (nSPS) is 8.80. The summed E-state index contributed by atoms with van der Waals surface area (Å²) in [6.45, 7) is 0. The van der Waals surface area contributed by atoms with Crippen molar-refractivity contribution in [1.82, 2.24) is 0 Å². The number of benzene rings is 1. The van der Waals surface area contributed by atoms with E-state index in [9.17, 15) is 4.79 Å². The molecule has 0 heterocycles. The highest BCUT2D eigenvalue weighted by Crippen LogP contribution is 1.97. The first-order valence-corrected chi connectivity index (χ1v) is 2.91. The zero-order valence-electron chi connectivity index (χ0n) is 5.32. The molecule has 1 rings (SSSR count). The first-order valence-electron chi connectivity index (χ1n) is 2.91. The molecule has 10 heavy (non-hydrogen) atoms. The second kappa shape index (κ2) is 2.92. The Hall–Kier alpha value is -1.44. The number of hydrogen-bond donors (Lipinski definition) is 0. The zero-order valence-corrected chi connectivity index (χ0v) is 5.32. The molecule has 0 fully saturated rings. The summed E-state index contributed by atoms with van der Waals surface area (Å²) in [6.07, 6.45) is 0.426. The van der Waals surface area contributed by atoms with Gasteiger partial charge in [0, 0.05) is 0 Å². The third-order valence-electron chi connectivity index (χ3n) is 1.18. The van der Waals surface area contributed by atoms with Gasteiger partial charge in [0.1, 0.15) is 6.29 Å². The predicted molar refractivity (Wildman–Crippen MR) is 40.0 cm³/mol. The lowest BCUT2D eigenvalue weighted by molar-refractivity contribution is -0.102. The van der Waals surface area contributed by atoms with Gasteiger partial charge in [0.15, 0.2) is 0 Å². The Kier molecular flexibility index (Phi) is 1.95. The lowest BCUT2D eigenvalue weighted by atomic mass is 10.1. The largest absolute Gasteiger partial charge is 0.801 e. The van der Waals surface area contributed by atoms with E-state index in [1.807, 2.05) is 6.07 Å². The van der Waals surface area contributed by atoms with Crippen molar-refractivity contribution in [2.24, 2.45) is 0 Å². The van der Waals surface area contributed by atoms with Gasteiger partial charge in [0.05, 0.1) is 0 Å². The fourth-order valence-corrected chi connectivity index (χ4v) is 0.677. The minimum atomic E-state index is -0.222. The van der Waals surface area contributed by atoms with E-state index in [1.165, 1.54) is 0 Å². The minimum absolute atomic E-state index is 0.222. The predicted octanol–water partition coefficient (Wildman–Crippen LogP) is 1.24. The van der Waals surface area contributed by atoms with Gasteiger partial charge in [0.2, 0.25) is 0 Å². The van der Waals surface area contributed by atoms with E-state index >= 15 is 0 Å². The fourth-order valence-electron chi connectivity index (χ4n) is 0.677. The second-order valence-corrected chi connectivity index (χ2v) is 1.87. The molecule has 0 spiro atoms. The molecule has 0 bridgehead atoms. The van der Waals surface area contributed by atoms with Gasteiger partial charge >= 0.3 is 0 Å². The molecule has 0 saturated carbocycles. The van der Waals surface area contributed by atoms with Crippen LogP contribution in [0.2, 0.25) is 0 Å². The van der Waals surface area contributed by atoms with Gasteiger partial charge in [0.25, 0.3) is 0 Å². The van der Waals surface area contributed by atoms with E-state index in [1.54, 1.807) is 24.3 Å². The maximum Gasteiger partial charge on any atom is 0.127 e. The van der Waals surface area contributed by atoms with Gasteiger partial charge in [-0.3, -0.25) is 4.79 Å². The van der Waals surface area contributed by atoms with Crippen LogP contribution in [0.5, 0.6) is 0 Å². The molecule has 0 aliphatic carbocycles. The number of carbonyl (C=O) groups excluding carboxylic acids is 1. The zero-order chi connectivity index (χ0) is 7.40. The number of nitrogens with zero attached hydrogens (tertiary/aromatic N) is 1. The number of rotatable bonds is 2. The van der Waals surface area contributed by atoms with E-state index in [0.717, 1.165) is 0 Å². The molecule has 0 N–H and O–H groups in total. The quantitative estimate of drug-likeness (QED) is 0.440. The molecule has 0 saturated heterocycles. The lowest BCUT2D eigenvalue weighted by Crippen LogP contribution is -1.97. The highest BCUT2D eigenvalue weighted by molar-refractivity contribution is 6.37. The van der Waals surface area contributed by atoms with Gasteiger partial charge in [-0.2, -0.15) is 0 Å². The van der Waals surface area contributed by atoms with E-state index in [-0.39, 0.29) is 5.71 Å². The van der Waals surface area contributed by atoms with Crippen LogP contribution in [0, 0.1) is 0 Å². The van der Waals surface area contributed by atoms with E-state index in [0.29, 0.717) is 11.8 Å². The van der Waals surface area contributed by atoms with Crippen LogP contribution < -0.4 is 0 Å². The van der Waals surface area contributed by atoms with Crippen LogP contribution in [-0.2, 0) is 4.79 Å². The summed E-state index contributed by atoms with van der Waals surface area (Å²) < 4.78 is 0. The Morgan fingerprint density at radius 1 is 1.30 bits per heavy atom. The highest BCUT2D eigenvalue weighted by Gasteiger charge is 1.86. The molecule has 0 aliphatic rings. The summed E-state index contributed by atoms with van der Waals surface area (Å²) in [7, 11) is 0. The summed E-state index contributed by atoms with van der Waals surface area (Å²) in [5, 5.41) is 8.88. The SMILES string of the molecule is [N-]=C(C=O)c1ccccc1. The average Bonchev–Trinajstić information content (AvgIpc) is 2.05. The Bertz CT molecular complexity index is 241. The molecular formula is C8H6NO-. The van der Waals surface area contributed by atoms with Crippen molar-refractivity contribution in [2.45, 2.75) is 0 Å². The standard InChI is InChI=1S/C8H6NO/c9-8(6-10)7-4-2-1-3-5-7/h1-6H/q-1. The van der Waals surface area contributed by atoms with Gasteiger partial charge < -0.3 is 5.41 Å². The van der Waals surface area contributed by atoms with Crippen LogP contribution in [0.1, 0.15) is 5.56 Å². The lowest BCUT2D eigenvalue weighted by Gasteiger charge is -2.01. The Morgan fingerprint density at radius 2 is 1.90 bits per heavy atom. The third kappa shape index (κ3) is 1.29. The molecule has 50 valence electrons. The van der Waals surface area contributed by atoms with E-state index < -0.39 is 0 Å². The summed E-state index contributed by atoms with van der Waals surface area (Å²) >= 11 is 0. The van der Waals surface area contributed by atoms with Crippen molar-refractivity contribution >= 4 is 12.0 Å². The monoisotopic (exact) mass is 132 g/mol. The molecule has 0 aliphatic heterocycles. The first kappa shape index (κ1) is 6.68. The summed E-state index contributed by atoms with van der Waals surface area (Å²) in [4.78, 5) is 10.0. The van der Waals surface area contributed by atoms with Gasteiger partial charge in [-0.15, -0.1) is 5.71 Å². The summed E-state index contributed by atoms with van der Waals surface area (Å²) in [6, 6.07) is 8.68. The molecule has 0 radical (unpaired) electrons. The van der Waals surface area contributed by atoms with Crippen molar-refractivity contribution in [3.05, 3.63) is 41.3 Å². The van der Waals surface area contributed by atoms with Crippen LogP contribution in [0.4, 0.5) is 0 Å². The van der Waals surface area contributed by atoms with Crippen molar-refractivity contribution in [2.75, 3.05) is 0 Å². The molecule has 2 heteroatoms. The summed E-state index contributed by atoms with van der Waals surface area (Å²) in [5.41, 5.74) is 0.332. The maximum absolute atomic E-state index is 10.0. The smallest absolute Gasteiger partial charge is 0.127 e. The van der Waals surface area contributed by atoms with Crippen molar-refractivity contribution < 1.29 is 4.79 Å². The van der Waals surface area contributed by atoms with Crippen molar-refractivity contribution in [3.8, 4) is 0 Å². The first-order chi connectivity index (χ1) is 4.84. The highest BCUT2D eigenvalue weighted by atomic mass is 16.1. The minimum Gasteiger partial charge on any atom is -0.801 e. The van der Waals surface area contributed by atoms with Crippen LogP contribution in [-0.4, -0.2) is 12.0 Å². The molecular weight excluding hydrogens is 126 g/mol. The third-order valence-corrected chi connectivity index (χ3v) is 1.18. The number of hydrogen-bond acceptors (Lipinski definition) is 1. The molecule has 0 unspecified atom stereocenters. The Balaban J connectivity index is 2.95. The van der Waals surface area contributed by atoms with Gasteiger partial charge in [-0.05, 0) is 5.56 Å². The molecule has 0 amide bonds. The van der Waals surface area contributed by atoms with Crippen molar-refractivity contribution in [3.63, 3.8) is 0 Å². The van der Waals surface area contributed by atoms with E-state index in [2.05, 4.69) is 0 Å². The number of aldehydes is 1. The summed E-state index contributed by atoms with van der Waals surface area (Å²) in [5.74, 6) is 0. The van der Waals surface area contributed by atoms with Crippen LogP contribution in [0.3, 0.4) is 0 Å². The van der Waals surface area contributed by atoms with Gasteiger partial charge in [-0.1, -0.05) is 30.3 Å². The van der Waals surface area contributed by atoms with E-state index in [4.69, 9.17) is 5.41 Å². The van der Waals surface area contributed by atoms with Crippen LogP contribution in [0.25, 0.3) is 5.41 Å². The maximum atomic E-state index is 10.0. The number of carbonyl (C=O) groups is 1. The molecule has 0 atom stereocenters. The Morgan fingerprint density at radius 3 is 2.40 bits per heavy atom. The fraction of sp³-hybridized carbons (Fsp3) is 0. The van der Waals surface area contributed by atoms with Crippen LogP contribution in [0.15, 0.2) is 30.3 Å².